The summed E-state index contributed by atoms with van der Waals surface area (Å²) in [5.74, 6) is -1.03. The van der Waals surface area contributed by atoms with Crippen LogP contribution in [-0.4, -0.2) is 64.7 Å². The number of nitrogens with zero attached hydrogens (tertiary/aromatic N) is 1. The first kappa shape index (κ1) is 21.6. The number of aliphatic hydroxyl groups excluding tert-OH is 1. The third kappa shape index (κ3) is 2.05. The largest absolute Gasteiger partial charge is 0.458 e. The Morgan fingerprint density at radius 2 is 1.86 bits per heavy atom. The molecule has 3 aliphatic heterocycles. The number of piperidine rings is 2. The van der Waals surface area contributed by atoms with Gasteiger partial charge in [-0.2, -0.15) is 0 Å². The molecule has 1 aromatic carbocycles. The summed E-state index contributed by atoms with van der Waals surface area (Å²) in [6, 6.07) is 9.25. The van der Waals surface area contributed by atoms with Gasteiger partial charge in [-0.15, -0.1) is 0 Å². The number of aliphatic hydroxyl groups is 1. The van der Waals surface area contributed by atoms with Gasteiger partial charge >= 0.3 is 11.9 Å². The van der Waals surface area contributed by atoms with Gasteiger partial charge in [0, 0.05) is 67.0 Å². The van der Waals surface area contributed by atoms with Crippen LogP contribution >= 0.6 is 0 Å². The van der Waals surface area contributed by atoms with Crippen molar-refractivity contribution in [3.63, 3.8) is 0 Å². The van der Waals surface area contributed by atoms with Crippen molar-refractivity contribution >= 4 is 17.7 Å². The molecule has 9 bridgehead atoms. The van der Waals surface area contributed by atoms with E-state index >= 15 is 0 Å². The van der Waals surface area contributed by atoms with E-state index in [4.69, 9.17) is 9.47 Å². The predicted molar refractivity (Wildman–Crippen MR) is 126 cm³/mol. The first-order chi connectivity index (χ1) is 17.1. The summed E-state index contributed by atoms with van der Waals surface area (Å²) in [7, 11) is 0. The highest BCUT2D eigenvalue weighted by molar-refractivity contribution is 5.89. The van der Waals surface area contributed by atoms with E-state index in [0.717, 1.165) is 13.0 Å². The minimum Gasteiger partial charge on any atom is -0.458 e. The number of carbonyl (C=O) groups excluding carboxylic acids is 3. The van der Waals surface area contributed by atoms with Crippen molar-refractivity contribution in [2.24, 2.45) is 39.9 Å². The lowest BCUT2D eigenvalue weighted by Gasteiger charge is -2.67. The second kappa shape index (κ2) is 6.30. The molecule has 10 rings (SSSR count). The average molecular weight is 490 g/mol. The molecule has 0 aromatic heterocycles. The first-order valence-electron chi connectivity index (χ1n) is 13.2. The van der Waals surface area contributed by atoms with Gasteiger partial charge in [0.2, 0.25) is 0 Å². The van der Waals surface area contributed by atoms with Crippen LogP contribution in [0.25, 0.3) is 0 Å². The van der Waals surface area contributed by atoms with E-state index in [-0.39, 0.29) is 40.5 Å². The molecule has 0 amide bonds. The molecule has 9 aliphatic rings. The van der Waals surface area contributed by atoms with Gasteiger partial charge in [0.15, 0.2) is 0 Å². The summed E-state index contributed by atoms with van der Waals surface area (Å²) >= 11 is 0. The molecule has 3 heterocycles. The smallest absolute Gasteiger partial charge is 0.338 e. The monoisotopic (exact) mass is 489 g/mol. The number of rotatable bonds is 3. The van der Waals surface area contributed by atoms with Crippen LogP contribution in [0.4, 0.5) is 0 Å². The van der Waals surface area contributed by atoms with Gasteiger partial charge in [0.25, 0.3) is 0 Å². The highest BCUT2D eigenvalue weighted by atomic mass is 16.6. The van der Waals surface area contributed by atoms with Gasteiger partial charge in [-0.1, -0.05) is 31.7 Å². The molecule has 6 saturated carbocycles. The second-order valence-electron chi connectivity index (χ2n) is 13.0. The average Bonchev–Trinajstić information content (AvgIpc) is 3.25. The topological polar surface area (TPSA) is 93.1 Å². The first-order valence-corrected chi connectivity index (χ1v) is 13.2. The second-order valence-corrected chi connectivity index (χ2v) is 13.0. The number of benzene rings is 1. The summed E-state index contributed by atoms with van der Waals surface area (Å²) in [6.07, 6.45) is -0.0866. The van der Waals surface area contributed by atoms with Crippen LogP contribution in [-0.2, 0) is 19.1 Å². The van der Waals surface area contributed by atoms with Gasteiger partial charge in [-0.05, 0) is 35.5 Å². The summed E-state index contributed by atoms with van der Waals surface area (Å²) in [5.41, 5.74) is 0.0452. The highest BCUT2D eigenvalue weighted by Gasteiger charge is 2.92. The van der Waals surface area contributed by atoms with E-state index < -0.39 is 35.6 Å². The van der Waals surface area contributed by atoms with E-state index in [1.54, 1.807) is 24.3 Å². The Bertz CT molecular complexity index is 1260. The van der Waals surface area contributed by atoms with E-state index in [0.29, 0.717) is 35.9 Å². The van der Waals surface area contributed by atoms with Gasteiger partial charge in [0.05, 0.1) is 11.7 Å². The van der Waals surface area contributed by atoms with Crippen LogP contribution in [0.3, 0.4) is 0 Å². The third-order valence-electron chi connectivity index (χ3n) is 11.6. The third-order valence-corrected chi connectivity index (χ3v) is 11.6. The minimum atomic E-state index is -0.762. The molecule has 0 radical (unpaired) electrons. The summed E-state index contributed by atoms with van der Waals surface area (Å²) in [4.78, 5) is 41.7. The number of ketones is 1. The Kier molecular flexibility index (Phi) is 3.78. The number of hydrogen-bond donors (Lipinski definition) is 1. The quantitative estimate of drug-likeness (QED) is 0.515. The maximum Gasteiger partial charge on any atom is 0.338 e. The molecule has 7 nitrogen and oxygen atoms in total. The maximum absolute atomic E-state index is 13.4. The van der Waals surface area contributed by atoms with Gasteiger partial charge in [-0.25, -0.2) is 4.79 Å². The van der Waals surface area contributed by atoms with Gasteiger partial charge in [-0.3, -0.25) is 14.5 Å². The number of fused-ring (bicyclic) bond motifs is 1. The van der Waals surface area contributed by atoms with Crippen LogP contribution in [0.2, 0.25) is 0 Å². The molecule has 36 heavy (non-hydrogen) atoms. The standard InChI is InChI=1S/C29H31NO6/c1-13-18-20(33)19-24-29-10-16(32)9-27(3)12-30(24)17(22(27)29)11-28(19,25(13)35-14(2)31)23(29)21(18)36-26(34)15-7-5-4-6-8-15/h4-8,17-25,33H,1,9-12H2,2-3H3. The fraction of sp³-hybridized carbons (Fsp3) is 0.621. The van der Waals surface area contributed by atoms with Crippen LogP contribution in [0, 0.1) is 39.9 Å². The Balaban J connectivity index is 1.33. The Hall–Kier alpha value is -2.51. The minimum absolute atomic E-state index is 0.0349. The fourth-order valence-corrected chi connectivity index (χ4v) is 11.6. The van der Waals surface area contributed by atoms with Crippen LogP contribution in [0.5, 0.6) is 0 Å². The molecule has 3 saturated heterocycles. The lowest BCUT2D eigenvalue weighted by molar-refractivity contribution is -0.248. The zero-order valence-electron chi connectivity index (χ0n) is 20.6. The van der Waals surface area contributed by atoms with Gasteiger partial charge in [0.1, 0.15) is 18.0 Å². The predicted octanol–water partition coefficient (Wildman–Crippen LogP) is 2.38. The van der Waals surface area contributed by atoms with Crippen molar-refractivity contribution in [3.8, 4) is 0 Å². The molecular weight excluding hydrogens is 458 g/mol. The number of esters is 2. The van der Waals surface area contributed by atoms with Crippen LogP contribution in [0.15, 0.2) is 42.5 Å². The Morgan fingerprint density at radius 1 is 1.11 bits per heavy atom. The molecule has 188 valence electrons. The van der Waals surface area contributed by atoms with Crippen molar-refractivity contribution in [2.45, 2.75) is 63.5 Å². The molecular formula is C29H31NO6. The van der Waals surface area contributed by atoms with E-state index in [1.807, 2.05) is 6.07 Å². The van der Waals surface area contributed by atoms with Crippen molar-refractivity contribution < 1.29 is 29.0 Å². The number of ether oxygens (including phenoxy) is 2. The number of Topliss-reactive ketones (excluding diaryl/α,β-unsaturated/α-hetero) is 1. The van der Waals surface area contributed by atoms with Crippen molar-refractivity contribution in [3.05, 3.63) is 48.0 Å². The molecule has 13 atom stereocenters. The Morgan fingerprint density at radius 3 is 2.58 bits per heavy atom. The number of carbonyl (C=O) groups is 3. The molecule has 6 aliphatic carbocycles. The van der Waals surface area contributed by atoms with Crippen LogP contribution < -0.4 is 0 Å². The SMILES string of the molecule is C=C1C2C(O)C3C4N5CC6(C)CC(=O)CC47C6C5CC3(C1OC(C)=O)C7C2OC(=O)c1ccccc1. The molecule has 9 fully saturated rings. The molecule has 13 unspecified atom stereocenters. The Labute approximate surface area is 209 Å². The van der Waals surface area contributed by atoms with Crippen molar-refractivity contribution in [2.75, 3.05) is 6.54 Å². The fourth-order valence-electron chi connectivity index (χ4n) is 11.6. The summed E-state index contributed by atoms with van der Waals surface area (Å²) in [6.45, 7) is 8.88. The highest BCUT2D eigenvalue weighted by Crippen LogP contribution is 2.87. The zero-order valence-corrected chi connectivity index (χ0v) is 20.6. The zero-order chi connectivity index (χ0) is 24.9. The molecule has 7 heteroatoms. The van der Waals surface area contributed by atoms with E-state index in [1.165, 1.54) is 6.92 Å². The van der Waals surface area contributed by atoms with Crippen molar-refractivity contribution in [1.82, 2.24) is 4.90 Å². The lowest BCUT2D eigenvalue weighted by Crippen LogP contribution is -2.73. The van der Waals surface area contributed by atoms with Crippen LogP contribution in [0.1, 0.15) is 43.5 Å². The summed E-state index contributed by atoms with van der Waals surface area (Å²) in [5, 5.41) is 11.9. The van der Waals surface area contributed by atoms with Gasteiger partial charge < -0.3 is 14.6 Å². The maximum atomic E-state index is 13.4. The van der Waals surface area contributed by atoms with E-state index in [9.17, 15) is 19.5 Å². The lowest BCUT2D eigenvalue weighted by atomic mass is 9.39. The molecule has 1 aromatic rings. The summed E-state index contributed by atoms with van der Waals surface area (Å²) < 4.78 is 12.4. The molecule has 1 N–H and O–H groups in total. The molecule has 2 spiro atoms. The van der Waals surface area contributed by atoms with Crippen molar-refractivity contribution in [1.29, 1.82) is 0 Å². The normalized spacial score (nSPS) is 54.2. The van der Waals surface area contributed by atoms with E-state index in [2.05, 4.69) is 18.4 Å². The number of hydrogen-bond acceptors (Lipinski definition) is 7.